The second kappa shape index (κ2) is 3.68. The highest BCUT2D eigenvalue weighted by Crippen LogP contribution is 2.26. The molecule has 0 fully saturated rings. The smallest absolute Gasteiger partial charge is 0.254 e. The zero-order valence-electron chi connectivity index (χ0n) is 8.29. The molecule has 1 aliphatic rings. The lowest BCUT2D eigenvalue weighted by molar-refractivity contribution is 0.899. The SMILES string of the molecule is O=c1[nH]c(-c2ncc(Cl)s2)nc2c1CCC2. The van der Waals surface area contributed by atoms with Gasteiger partial charge < -0.3 is 4.98 Å². The van der Waals surface area contributed by atoms with Crippen LogP contribution in [0.3, 0.4) is 0 Å². The largest absolute Gasteiger partial charge is 0.304 e. The van der Waals surface area contributed by atoms with Crippen LogP contribution < -0.4 is 5.56 Å². The van der Waals surface area contributed by atoms with Gasteiger partial charge in [0.15, 0.2) is 10.8 Å². The molecule has 1 N–H and O–H groups in total. The van der Waals surface area contributed by atoms with Crippen LogP contribution in [0.25, 0.3) is 10.8 Å². The number of nitrogens with zero attached hydrogens (tertiary/aromatic N) is 2. The summed E-state index contributed by atoms with van der Waals surface area (Å²) >= 11 is 7.12. The highest BCUT2D eigenvalue weighted by molar-refractivity contribution is 7.18. The zero-order chi connectivity index (χ0) is 11.1. The summed E-state index contributed by atoms with van der Waals surface area (Å²) in [6.07, 6.45) is 4.28. The lowest BCUT2D eigenvalue weighted by Crippen LogP contribution is -2.15. The second-order valence-electron chi connectivity index (χ2n) is 3.66. The Morgan fingerprint density at radius 3 is 3.06 bits per heavy atom. The Morgan fingerprint density at radius 2 is 2.31 bits per heavy atom. The topological polar surface area (TPSA) is 58.6 Å². The third-order valence-corrected chi connectivity index (χ3v) is 3.74. The van der Waals surface area contributed by atoms with Gasteiger partial charge >= 0.3 is 0 Å². The predicted octanol–water partition coefficient (Wildman–Crippen LogP) is 2.04. The summed E-state index contributed by atoms with van der Waals surface area (Å²) in [6.45, 7) is 0. The van der Waals surface area contributed by atoms with Gasteiger partial charge in [0.05, 0.1) is 11.9 Å². The van der Waals surface area contributed by atoms with E-state index in [4.69, 9.17) is 11.6 Å². The monoisotopic (exact) mass is 253 g/mol. The van der Waals surface area contributed by atoms with Crippen LogP contribution in [0.15, 0.2) is 11.0 Å². The van der Waals surface area contributed by atoms with E-state index in [9.17, 15) is 4.79 Å². The van der Waals surface area contributed by atoms with Gasteiger partial charge in [0.1, 0.15) is 4.34 Å². The third-order valence-electron chi connectivity index (χ3n) is 2.62. The number of thiazole rings is 1. The molecule has 0 radical (unpaired) electrons. The number of hydrogen-bond acceptors (Lipinski definition) is 4. The van der Waals surface area contributed by atoms with E-state index < -0.39 is 0 Å². The molecule has 0 atom stereocenters. The molecule has 0 saturated carbocycles. The first-order chi connectivity index (χ1) is 7.74. The summed E-state index contributed by atoms with van der Waals surface area (Å²) in [7, 11) is 0. The van der Waals surface area contributed by atoms with Gasteiger partial charge in [-0.1, -0.05) is 22.9 Å². The summed E-state index contributed by atoms with van der Waals surface area (Å²) in [5.41, 5.74) is 1.69. The summed E-state index contributed by atoms with van der Waals surface area (Å²) < 4.78 is 0.596. The van der Waals surface area contributed by atoms with Crippen molar-refractivity contribution in [2.45, 2.75) is 19.3 Å². The number of aryl methyl sites for hydroxylation is 1. The van der Waals surface area contributed by atoms with E-state index in [2.05, 4.69) is 15.0 Å². The van der Waals surface area contributed by atoms with Crippen LogP contribution in [0, 0.1) is 0 Å². The highest BCUT2D eigenvalue weighted by Gasteiger charge is 2.18. The maximum Gasteiger partial charge on any atom is 0.254 e. The normalized spacial score (nSPS) is 14.1. The minimum atomic E-state index is -0.0381. The van der Waals surface area contributed by atoms with Crippen molar-refractivity contribution < 1.29 is 0 Å². The Morgan fingerprint density at radius 1 is 1.44 bits per heavy atom. The number of halogens is 1. The van der Waals surface area contributed by atoms with Gasteiger partial charge in [-0.05, 0) is 19.3 Å². The molecule has 4 nitrogen and oxygen atoms in total. The van der Waals surface area contributed by atoms with Crippen molar-refractivity contribution in [3.05, 3.63) is 32.1 Å². The molecule has 2 aromatic rings. The zero-order valence-corrected chi connectivity index (χ0v) is 9.86. The Hall–Kier alpha value is -1.20. The lowest BCUT2D eigenvalue weighted by Gasteiger charge is -2.00. The molecule has 6 heteroatoms. The maximum atomic E-state index is 11.8. The molecule has 0 unspecified atom stereocenters. The van der Waals surface area contributed by atoms with E-state index in [1.165, 1.54) is 11.3 Å². The van der Waals surface area contributed by atoms with E-state index in [1.54, 1.807) is 6.20 Å². The van der Waals surface area contributed by atoms with Crippen molar-refractivity contribution >= 4 is 22.9 Å². The van der Waals surface area contributed by atoms with Crippen molar-refractivity contribution in [2.24, 2.45) is 0 Å². The van der Waals surface area contributed by atoms with Gasteiger partial charge in [-0.2, -0.15) is 0 Å². The average molecular weight is 254 g/mol. The molecule has 16 heavy (non-hydrogen) atoms. The van der Waals surface area contributed by atoms with Gasteiger partial charge in [0.25, 0.3) is 5.56 Å². The van der Waals surface area contributed by atoms with Crippen molar-refractivity contribution in [1.82, 2.24) is 15.0 Å². The highest BCUT2D eigenvalue weighted by atomic mass is 35.5. The Bertz CT molecular complexity index is 604. The Kier molecular flexibility index (Phi) is 2.29. The van der Waals surface area contributed by atoms with E-state index in [-0.39, 0.29) is 5.56 Å². The van der Waals surface area contributed by atoms with Gasteiger partial charge in [0.2, 0.25) is 0 Å². The Balaban J connectivity index is 2.16. The minimum absolute atomic E-state index is 0.0381. The molecular weight excluding hydrogens is 246 g/mol. The summed E-state index contributed by atoms with van der Waals surface area (Å²) in [4.78, 5) is 23.1. The van der Waals surface area contributed by atoms with Gasteiger partial charge in [-0.3, -0.25) is 4.79 Å². The van der Waals surface area contributed by atoms with Gasteiger partial charge in [-0.15, -0.1) is 0 Å². The minimum Gasteiger partial charge on any atom is -0.304 e. The van der Waals surface area contributed by atoms with Crippen LogP contribution in [0.4, 0.5) is 0 Å². The van der Waals surface area contributed by atoms with Gasteiger partial charge in [0, 0.05) is 5.56 Å². The lowest BCUT2D eigenvalue weighted by atomic mass is 10.2. The first kappa shape index (κ1) is 9.99. The van der Waals surface area contributed by atoms with Crippen molar-refractivity contribution in [2.75, 3.05) is 0 Å². The number of hydrogen-bond donors (Lipinski definition) is 1. The molecule has 2 heterocycles. The quantitative estimate of drug-likeness (QED) is 0.846. The third kappa shape index (κ3) is 1.56. The van der Waals surface area contributed by atoms with Crippen LogP contribution in [-0.4, -0.2) is 15.0 Å². The molecule has 3 rings (SSSR count). The number of fused-ring (bicyclic) bond motifs is 1. The number of aromatic amines is 1. The molecule has 82 valence electrons. The van der Waals surface area contributed by atoms with Crippen molar-refractivity contribution in [3.63, 3.8) is 0 Å². The standard InChI is InChI=1S/C10H8ClN3OS/c11-7-4-12-10(16-7)8-13-6-3-1-2-5(6)9(15)14-8/h4H,1-3H2,(H,13,14,15). The fourth-order valence-corrected chi connectivity index (χ4v) is 2.76. The molecule has 0 amide bonds. The summed E-state index contributed by atoms with van der Waals surface area (Å²) in [6, 6.07) is 0. The van der Waals surface area contributed by atoms with Gasteiger partial charge in [-0.25, -0.2) is 9.97 Å². The number of aromatic nitrogens is 3. The summed E-state index contributed by atoms with van der Waals surface area (Å²) in [5, 5.41) is 0.664. The Labute approximate surface area is 100 Å². The fourth-order valence-electron chi connectivity index (χ4n) is 1.91. The van der Waals surface area contributed by atoms with Crippen LogP contribution >= 0.6 is 22.9 Å². The van der Waals surface area contributed by atoms with Crippen LogP contribution in [0.1, 0.15) is 17.7 Å². The summed E-state index contributed by atoms with van der Waals surface area (Å²) in [5.74, 6) is 0.530. The van der Waals surface area contributed by atoms with E-state index in [1.807, 2.05) is 0 Å². The molecule has 0 bridgehead atoms. The van der Waals surface area contributed by atoms with E-state index in [0.717, 1.165) is 30.5 Å². The van der Waals surface area contributed by atoms with Crippen LogP contribution in [0.5, 0.6) is 0 Å². The first-order valence-electron chi connectivity index (χ1n) is 4.98. The molecule has 0 aliphatic heterocycles. The number of nitrogens with one attached hydrogen (secondary N) is 1. The number of rotatable bonds is 1. The molecular formula is C10H8ClN3OS. The average Bonchev–Trinajstić information content (AvgIpc) is 2.85. The fraction of sp³-hybridized carbons (Fsp3) is 0.300. The van der Waals surface area contributed by atoms with E-state index >= 15 is 0 Å². The molecule has 0 saturated heterocycles. The maximum absolute atomic E-state index is 11.8. The van der Waals surface area contributed by atoms with E-state index in [0.29, 0.717) is 15.2 Å². The molecule has 0 aromatic carbocycles. The van der Waals surface area contributed by atoms with Crippen molar-refractivity contribution in [1.29, 1.82) is 0 Å². The van der Waals surface area contributed by atoms with Crippen LogP contribution in [-0.2, 0) is 12.8 Å². The second-order valence-corrected chi connectivity index (χ2v) is 5.32. The van der Waals surface area contributed by atoms with Crippen LogP contribution in [0.2, 0.25) is 4.34 Å². The first-order valence-corrected chi connectivity index (χ1v) is 6.17. The number of H-pyrrole nitrogens is 1. The molecule has 2 aromatic heterocycles. The molecule has 0 spiro atoms. The van der Waals surface area contributed by atoms with Crippen molar-refractivity contribution in [3.8, 4) is 10.8 Å². The molecule has 1 aliphatic carbocycles. The predicted molar refractivity (Wildman–Crippen MR) is 63.0 cm³/mol.